The minimum Gasteiger partial charge on any atom is -0.382 e. The van der Waals surface area contributed by atoms with Gasteiger partial charge in [0.1, 0.15) is 10.6 Å². The third kappa shape index (κ3) is 2.49. The predicted octanol–water partition coefficient (Wildman–Crippen LogP) is 2.24. The summed E-state index contributed by atoms with van der Waals surface area (Å²) in [5.41, 5.74) is 6.53. The lowest BCUT2D eigenvalue weighted by Gasteiger charge is -2.28. The van der Waals surface area contributed by atoms with Gasteiger partial charge in [-0.25, -0.2) is 0 Å². The number of hydrogen-bond donors (Lipinski definition) is 2. The van der Waals surface area contributed by atoms with Crippen molar-refractivity contribution in [2.75, 3.05) is 17.2 Å². The fourth-order valence-electron chi connectivity index (χ4n) is 2.93. The Labute approximate surface area is 123 Å². The molecule has 1 aromatic heterocycles. The summed E-state index contributed by atoms with van der Waals surface area (Å²) in [6.45, 7) is 5.46. The van der Waals surface area contributed by atoms with E-state index < -0.39 is 0 Å². The normalized spacial score (nSPS) is 22.6. The van der Waals surface area contributed by atoms with Crippen molar-refractivity contribution < 1.29 is 4.79 Å². The van der Waals surface area contributed by atoms with Gasteiger partial charge in [0.05, 0.1) is 0 Å². The molecule has 3 N–H and O–H groups in total. The SMILES string of the molecule is CC(C)C1CCCN1c1snc(N)c1C(=O)NC1CC1. The average Bonchev–Trinajstić information content (AvgIpc) is 2.92. The maximum atomic E-state index is 12.4. The number of carbonyl (C=O) groups is 1. The Morgan fingerprint density at radius 1 is 1.45 bits per heavy atom. The smallest absolute Gasteiger partial charge is 0.258 e. The zero-order valence-corrected chi connectivity index (χ0v) is 12.9. The van der Waals surface area contributed by atoms with Gasteiger partial charge in [-0.15, -0.1) is 0 Å². The van der Waals surface area contributed by atoms with E-state index in [0.29, 0.717) is 29.4 Å². The molecule has 1 saturated heterocycles. The van der Waals surface area contributed by atoms with E-state index in [1.54, 1.807) is 0 Å². The molecule has 1 aromatic rings. The fraction of sp³-hybridized carbons (Fsp3) is 0.714. The van der Waals surface area contributed by atoms with Gasteiger partial charge in [0, 0.05) is 18.6 Å². The lowest BCUT2D eigenvalue weighted by Crippen LogP contribution is -2.35. The minimum absolute atomic E-state index is 0.0526. The summed E-state index contributed by atoms with van der Waals surface area (Å²) < 4.78 is 4.22. The molecule has 0 radical (unpaired) electrons. The summed E-state index contributed by atoms with van der Waals surface area (Å²) in [6.07, 6.45) is 4.51. The number of rotatable bonds is 4. The summed E-state index contributed by atoms with van der Waals surface area (Å²) in [6, 6.07) is 0.830. The van der Waals surface area contributed by atoms with Crippen LogP contribution in [0, 0.1) is 5.92 Å². The number of anilines is 2. The maximum absolute atomic E-state index is 12.4. The van der Waals surface area contributed by atoms with Gasteiger partial charge in [0.2, 0.25) is 0 Å². The number of carbonyl (C=O) groups excluding carboxylic acids is 1. The standard InChI is InChI=1S/C14H22N4OS/c1-8(2)10-4-3-7-18(10)14-11(12(15)17-20-14)13(19)16-9-5-6-9/h8-10H,3-7H2,1-2H3,(H2,15,17)(H,16,19). The van der Waals surface area contributed by atoms with Gasteiger partial charge in [-0.05, 0) is 43.1 Å². The van der Waals surface area contributed by atoms with E-state index in [9.17, 15) is 4.79 Å². The Balaban J connectivity index is 1.87. The number of nitrogen functional groups attached to an aromatic ring is 1. The summed E-state index contributed by atoms with van der Waals surface area (Å²) in [5, 5.41) is 3.98. The molecule has 0 bridgehead atoms. The molecular formula is C14H22N4OS. The van der Waals surface area contributed by atoms with Gasteiger partial charge < -0.3 is 16.0 Å². The first-order valence-corrected chi connectivity index (χ1v) is 8.18. The van der Waals surface area contributed by atoms with E-state index in [0.717, 1.165) is 24.4 Å². The van der Waals surface area contributed by atoms with E-state index in [1.165, 1.54) is 24.4 Å². The molecule has 0 aromatic carbocycles. The highest BCUT2D eigenvalue weighted by Gasteiger charge is 2.34. The largest absolute Gasteiger partial charge is 0.382 e. The van der Waals surface area contributed by atoms with E-state index >= 15 is 0 Å². The zero-order valence-electron chi connectivity index (χ0n) is 12.1. The topological polar surface area (TPSA) is 71.2 Å². The highest BCUT2D eigenvalue weighted by molar-refractivity contribution is 7.11. The van der Waals surface area contributed by atoms with Crippen LogP contribution in [0.3, 0.4) is 0 Å². The number of hydrogen-bond acceptors (Lipinski definition) is 5. The molecule has 6 heteroatoms. The summed E-state index contributed by atoms with van der Waals surface area (Å²) >= 11 is 1.36. The molecule has 3 rings (SSSR count). The summed E-state index contributed by atoms with van der Waals surface area (Å²) in [5.74, 6) is 0.890. The van der Waals surface area contributed by atoms with Crippen LogP contribution in [-0.2, 0) is 0 Å². The Morgan fingerprint density at radius 2 is 2.20 bits per heavy atom. The molecule has 110 valence electrons. The molecule has 20 heavy (non-hydrogen) atoms. The van der Waals surface area contributed by atoms with Gasteiger partial charge >= 0.3 is 0 Å². The molecule has 2 heterocycles. The molecule has 2 aliphatic rings. The van der Waals surface area contributed by atoms with Crippen LogP contribution in [0.25, 0.3) is 0 Å². The molecular weight excluding hydrogens is 272 g/mol. The van der Waals surface area contributed by atoms with E-state index in [4.69, 9.17) is 5.73 Å². The number of nitrogens with zero attached hydrogens (tertiary/aromatic N) is 2. The fourth-order valence-corrected chi connectivity index (χ4v) is 3.82. The highest BCUT2D eigenvalue weighted by Crippen LogP contribution is 2.37. The van der Waals surface area contributed by atoms with Crippen LogP contribution in [0.4, 0.5) is 10.8 Å². The van der Waals surface area contributed by atoms with Crippen molar-refractivity contribution in [3.8, 4) is 0 Å². The van der Waals surface area contributed by atoms with Crippen molar-refractivity contribution in [3.05, 3.63) is 5.56 Å². The second-order valence-electron chi connectivity index (χ2n) is 6.14. The lowest BCUT2D eigenvalue weighted by molar-refractivity contribution is 0.0952. The highest BCUT2D eigenvalue weighted by atomic mass is 32.1. The molecule has 1 atom stereocenters. The monoisotopic (exact) mass is 294 g/mol. The van der Waals surface area contributed by atoms with E-state index in [1.807, 2.05) is 0 Å². The molecule has 1 aliphatic heterocycles. The molecule has 1 amide bonds. The van der Waals surface area contributed by atoms with Crippen molar-refractivity contribution >= 4 is 28.3 Å². The predicted molar refractivity (Wildman–Crippen MR) is 82.2 cm³/mol. The molecule has 0 spiro atoms. The third-order valence-corrected chi connectivity index (χ3v) is 5.07. The van der Waals surface area contributed by atoms with Gasteiger partial charge in [0.15, 0.2) is 5.82 Å². The van der Waals surface area contributed by atoms with Crippen molar-refractivity contribution in [1.82, 2.24) is 9.69 Å². The van der Waals surface area contributed by atoms with Crippen LogP contribution in [0.1, 0.15) is 49.9 Å². The Hall–Kier alpha value is -1.30. The molecule has 1 aliphatic carbocycles. The Bertz CT molecular complexity index is 509. The maximum Gasteiger partial charge on any atom is 0.258 e. The summed E-state index contributed by atoms with van der Waals surface area (Å²) in [4.78, 5) is 14.7. The van der Waals surface area contributed by atoms with Crippen molar-refractivity contribution in [2.45, 2.75) is 51.6 Å². The van der Waals surface area contributed by atoms with Crippen LogP contribution in [0.5, 0.6) is 0 Å². The number of nitrogens with two attached hydrogens (primary N) is 1. The first-order chi connectivity index (χ1) is 9.58. The van der Waals surface area contributed by atoms with Crippen LogP contribution in [0.15, 0.2) is 0 Å². The van der Waals surface area contributed by atoms with Gasteiger partial charge in [-0.2, -0.15) is 4.37 Å². The zero-order chi connectivity index (χ0) is 14.3. The van der Waals surface area contributed by atoms with Gasteiger partial charge in [0.25, 0.3) is 5.91 Å². The van der Waals surface area contributed by atoms with Crippen LogP contribution >= 0.6 is 11.5 Å². The van der Waals surface area contributed by atoms with E-state index in [2.05, 4.69) is 28.4 Å². The van der Waals surface area contributed by atoms with E-state index in [-0.39, 0.29) is 5.91 Å². The van der Waals surface area contributed by atoms with Gasteiger partial charge in [-0.1, -0.05) is 13.8 Å². The van der Waals surface area contributed by atoms with Crippen molar-refractivity contribution in [2.24, 2.45) is 5.92 Å². The number of amides is 1. The minimum atomic E-state index is -0.0526. The third-order valence-electron chi connectivity index (χ3n) is 4.17. The van der Waals surface area contributed by atoms with Crippen molar-refractivity contribution in [1.29, 1.82) is 0 Å². The van der Waals surface area contributed by atoms with Crippen LogP contribution in [-0.4, -0.2) is 28.9 Å². The summed E-state index contributed by atoms with van der Waals surface area (Å²) in [7, 11) is 0. The lowest BCUT2D eigenvalue weighted by atomic mass is 10.0. The molecule has 1 saturated carbocycles. The second kappa shape index (κ2) is 5.24. The second-order valence-corrected chi connectivity index (χ2v) is 6.89. The van der Waals surface area contributed by atoms with Crippen LogP contribution < -0.4 is 16.0 Å². The quantitative estimate of drug-likeness (QED) is 0.893. The molecule has 2 fully saturated rings. The number of aromatic nitrogens is 1. The van der Waals surface area contributed by atoms with Gasteiger partial charge in [-0.3, -0.25) is 4.79 Å². The average molecular weight is 294 g/mol. The first-order valence-electron chi connectivity index (χ1n) is 7.40. The Kier molecular flexibility index (Phi) is 3.58. The van der Waals surface area contributed by atoms with Crippen molar-refractivity contribution in [3.63, 3.8) is 0 Å². The first kappa shape index (κ1) is 13.7. The molecule has 5 nitrogen and oxygen atoms in total. The molecule has 1 unspecified atom stereocenters. The number of nitrogens with one attached hydrogen (secondary N) is 1. The van der Waals surface area contributed by atoms with Crippen LogP contribution in [0.2, 0.25) is 0 Å². The Morgan fingerprint density at radius 3 is 2.85 bits per heavy atom.